The highest BCUT2D eigenvalue weighted by Gasteiger charge is 2.30. The van der Waals surface area contributed by atoms with E-state index in [9.17, 15) is 0 Å². The van der Waals surface area contributed by atoms with Gasteiger partial charge in [-0.05, 0) is 25.5 Å². The highest BCUT2D eigenvalue weighted by molar-refractivity contribution is 7.99. The largest absolute Gasteiger partial charge is 0.329 e. The Bertz CT molecular complexity index is 335. The molecule has 1 fully saturated rings. The average molecular weight is 239 g/mol. The zero-order valence-corrected chi connectivity index (χ0v) is 10.9. The second kappa shape index (κ2) is 5.23. The lowest BCUT2D eigenvalue weighted by Crippen LogP contribution is -2.20. The van der Waals surface area contributed by atoms with Crippen molar-refractivity contribution in [2.45, 2.75) is 50.4 Å². The topological polar surface area (TPSA) is 43.8 Å². The van der Waals surface area contributed by atoms with Crippen LogP contribution in [0.15, 0.2) is 12.5 Å². The van der Waals surface area contributed by atoms with E-state index < -0.39 is 0 Å². The van der Waals surface area contributed by atoms with Crippen molar-refractivity contribution < 1.29 is 0 Å². The highest BCUT2D eigenvalue weighted by atomic mass is 32.2. The predicted octanol–water partition coefficient (Wildman–Crippen LogP) is 2.75. The minimum Gasteiger partial charge on any atom is -0.329 e. The summed E-state index contributed by atoms with van der Waals surface area (Å²) in [7, 11) is 0. The van der Waals surface area contributed by atoms with Gasteiger partial charge in [-0.1, -0.05) is 13.3 Å². The third-order valence-corrected chi connectivity index (χ3v) is 4.63. The number of hydrogen-bond acceptors (Lipinski definition) is 3. The van der Waals surface area contributed by atoms with E-state index in [0.717, 1.165) is 5.25 Å². The Hall–Kier alpha value is -0.480. The minimum absolute atomic E-state index is 0.0791. The molecule has 1 aliphatic carbocycles. The van der Waals surface area contributed by atoms with Crippen molar-refractivity contribution in [3.63, 3.8) is 0 Å². The predicted molar refractivity (Wildman–Crippen MR) is 69.6 cm³/mol. The molecule has 1 heterocycles. The molecular formula is C12H21N3S. The number of rotatable bonds is 4. The van der Waals surface area contributed by atoms with Crippen molar-refractivity contribution >= 4 is 11.8 Å². The summed E-state index contributed by atoms with van der Waals surface area (Å²) in [4.78, 5) is 4.26. The molecule has 2 unspecified atom stereocenters. The van der Waals surface area contributed by atoms with Crippen LogP contribution in [-0.4, -0.2) is 20.6 Å². The van der Waals surface area contributed by atoms with Gasteiger partial charge in [0.15, 0.2) is 0 Å². The van der Waals surface area contributed by atoms with Gasteiger partial charge in [-0.2, -0.15) is 11.8 Å². The Labute approximate surface area is 102 Å². The summed E-state index contributed by atoms with van der Waals surface area (Å²) in [5.41, 5.74) is 7.15. The van der Waals surface area contributed by atoms with Gasteiger partial charge in [0.2, 0.25) is 0 Å². The molecule has 2 rings (SSSR count). The third kappa shape index (κ3) is 2.28. The van der Waals surface area contributed by atoms with E-state index >= 15 is 0 Å². The smallest absolute Gasteiger partial charge is 0.0951 e. The molecule has 1 saturated carbocycles. The van der Waals surface area contributed by atoms with Crippen LogP contribution in [0, 0.1) is 0 Å². The average Bonchev–Trinajstić information content (AvgIpc) is 2.83. The van der Waals surface area contributed by atoms with Gasteiger partial charge in [0, 0.05) is 23.5 Å². The number of nitrogens with zero attached hydrogens (tertiary/aromatic N) is 2. The van der Waals surface area contributed by atoms with Crippen molar-refractivity contribution in [1.29, 1.82) is 0 Å². The van der Waals surface area contributed by atoms with Gasteiger partial charge in [-0.3, -0.25) is 0 Å². The number of thioether (sulfide) groups is 1. The number of hydrogen-bond donors (Lipinski definition) is 1. The lowest BCUT2D eigenvalue weighted by atomic mass is 10.2. The molecule has 1 aromatic rings. The summed E-state index contributed by atoms with van der Waals surface area (Å²) < 4.78 is 2.31. The Morgan fingerprint density at radius 2 is 2.44 bits per heavy atom. The second-order valence-corrected chi connectivity index (χ2v) is 6.02. The van der Waals surface area contributed by atoms with E-state index in [2.05, 4.69) is 28.2 Å². The van der Waals surface area contributed by atoms with Crippen LogP contribution in [0.2, 0.25) is 0 Å². The lowest BCUT2D eigenvalue weighted by molar-refractivity contribution is 0.497. The van der Waals surface area contributed by atoms with Gasteiger partial charge in [-0.25, -0.2) is 4.98 Å². The third-order valence-electron chi connectivity index (χ3n) is 3.32. The highest BCUT2D eigenvalue weighted by Crippen LogP contribution is 2.39. The van der Waals surface area contributed by atoms with Crippen molar-refractivity contribution in [2.24, 2.45) is 5.73 Å². The van der Waals surface area contributed by atoms with Crippen molar-refractivity contribution in [3.05, 3.63) is 18.2 Å². The van der Waals surface area contributed by atoms with Crippen LogP contribution in [0.5, 0.6) is 0 Å². The molecule has 0 aromatic carbocycles. The second-order valence-electron chi connectivity index (χ2n) is 4.51. The minimum atomic E-state index is 0.0791. The van der Waals surface area contributed by atoms with Gasteiger partial charge >= 0.3 is 0 Å². The number of aromatic nitrogens is 2. The van der Waals surface area contributed by atoms with Crippen molar-refractivity contribution in [2.75, 3.05) is 5.75 Å². The van der Waals surface area contributed by atoms with E-state index in [1.807, 2.05) is 19.4 Å². The SMILES string of the molecule is CCSC1CCCC1n1cncc1[C@H](C)N. The molecule has 0 spiro atoms. The summed E-state index contributed by atoms with van der Waals surface area (Å²) >= 11 is 2.08. The van der Waals surface area contributed by atoms with Crippen LogP contribution < -0.4 is 5.73 Å². The molecule has 0 radical (unpaired) electrons. The quantitative estimate of drug-likeness (QED) is 0.878. The summed E-state index contributed by atoms with van der Waals surface area (Å²) in [5.74, 6) is 1.20. The van der Waals surface area contributed by atoms with Crippen molar-refractivity contribution in [3.8, 4) is 0 Å². The first-order valence-corrected chi connectivity index (χ1v) is 7.17. The van der Waals surface area contributed by atoms with Gasteiger partial charge in [-0.15, -0.1) is 0 Å². The Kier molecular flexibility index (Phi) is 3.92. The monoisotopic (exact) mass is 239 g/mol. The van der Waals surface area contributed by atoms with Crippen LogP contribution in [0.4, 0.5) is 0 Å². The van der Waals surface area contributed by atoms with E-state index in [0.29, 0.717) is 6.04 Å². The molecule has 0 aliphatic heterocycles. The molecular weight excluding hydrogens is 218 g/mol. The normalized spacial score (nSPS) is 27.2. The molecule has 1 aromatic heterocycles. The van der Waals surface area contributed by atoms with Crippen LogP contribution in [0.25, 0.3) is 0 Å². The summed E-state index contributed by atoms with van der Waals surface area (Å²) in [5, 5.41) is 0.747. The van der Waals surface area contributed by atoms with Gasteiger partial charge in [0.05, 0.1) is 12.0 Å². The molecule has 2 N–H and O–H groups in total. The van der Waals surface area contributed by atoms with Crippen molar-refractivity contribution in [1.82, 2.24) is 9.55 Å². The van der Waals surface area contributed by atoms with E-state index in [1.54, 1.807) is 0 Å². The maximum atomic E-state index is 5.98. The van der Waals surface area contributed by atoms with Crippen LogP contribution in [0.1, 0.15) is 50.9 Å². The number of imidazole rings is 1. The standard InChI is InChI=1S/C12H21N3S/c1-3-16-12-6-4-5-10(12)15-8-14-7-11(15)9(2)13/h7-10,12H,3-6,13H2,1-2H3/t9-,10?,12?/m0/s1. The molecule has 0 bridgehead atoms. The summed E-state index contributed by atoms with van der Waals surface area (Å²) in [6, 6.07) is 0.684. The van der Waals surface area contributed by atoms with Gasteiger partial charge in [0.25, 0.3) is 0 Å². The van der Waals surface area contributed by atoms with Crippen LogP contribution in [-0.2, 0) is 0 Å². The fourth-order valence-corrected chi connectivity index (χ4v) is 3.83. The molecule has 90 valence electrons. The van der Waals surface area contributed by atoms with E-state index in [1.165, 1.54) is 30.7 Å². The first-order valence-electron chi connectivity index (χ1n) is 6.13. The summed E-state index contributed by atoms with van der Waals surface area (Å²) in [6.07, 6.45) is 7.81. The Balaban J connectivity index is 2.19. The first kappa shape index (κ1) is 12.0. The van der Waals surface area contributed by atoms with Crippen LogP contribution in [0.3, 0.4) is 0 Å². The van der Waals surface area contributed by atoms with E-state index in [4.69, 9.17) is 5.73 Å². The molecule has 3 nitrogen and oxygen atoms in total. The maximum Gasteiger partial charge on any atom is 0.0951 e. The molecule has 0 amide bonds. The van der Waals surface area contributed by atoms with Crippen LogP contribution >= 0.6 is 11.8 Å². The maximum absolute atomic E-state index is 5.98. The summed E-state index contributed by atoms with van der Waals surface area (Å²) in [6.45, 7) is 4.27. The molecule has 16 heavy (non-hydrogen) atoms. The number of nitrogens with two attached hydrogens (primary N) is 1. The fraction of sp³-hybridized carbons (Fsp3) is 0.750. The molecule has 0 saturated heterocycles. The Morgan fingerprint density at radius 3 is 3.12 bits per heavy atom. The van der Waals surface area contributed by atoms with Gasteiger partial charge in [0.1, 0.15) is 0 Å². The van der Waals surface area contributed by atoms with Gasteiger partial charge < -0.3 is 10.3 Å². The zero-order valence-electron chi connectivity index (χ0n) is 10.1. The molecule has 4 heteroatoms. The molecule has 3 atom stereocenters. The molecule has 1 aliphatic rings. The Morgan fingerprint density at radius 1 is 1.62 bits per heavy atom. The van der Waals surface area contributed by atoms with E-state index in [-0.39, 0.29) is 6.04 Å². The zero-order chi connectivity index (χ0) is 11.5. The lowest BCUT2D eigenvalue weighted by Gasteiger charge is -2.23. The fourth-order valence-electron chi connectivity index (χ4n) is 2.58. The first-order chi connectivity index (χ1) is 7.74.